The van der Waals surface area contributed by atoms with E-state index in [-0.39, 0.29) is 11.5 Å². The first kappa shape index (κ1) is 12.3. The molecule has 15 heavy (non-hydrogen) atoms. The van der Waals surface area contributed by atoms with Gasteiger partial charge in [0.2, 0.25) is 0 Å². The molecule has 4 heteroatoms. The average molecular weight is 214 g/mol. The van der Waals surface area contributed by atoms with Gasteiger partial charge in [0.1, 0.15) is 5.60 Å². The number of rotatable bonds is 2. The summed E-state index contributed by atoms with van der Waals surface area (Å²) >= 11 is 0. The van der Waals surface area contributed by atoms with Gasteiger partial charge in [-0.2, -0.15) is 0 Å². The van der Waals surface area contributed by atoms with Crippen LogP contribution < -0.4 is 10.6 Å². The summed E-state index contributed by atoms with van der Waals surface area (Å²) in [7, 11) is 0. The Hall–Kier alpha value is -0.770. The number of carbonyl (C=O) groups is 1. The second-order valence-corrected chi connectivity index (χ2v) is 5.59. The Kier molecular flexibility index (Phi) is 3.60. The number of ether oxygens (including phenoxy) is 1. The lowest BCUT2D eigenvalue weighted by Gasteiger charge is -2.25. The second kappa shape index (κ2) is 4.39. The van der Waals surface area contributed by atoms with Gasteiger partial charge >= 0.3 is 6.09 Å². The maximum absolute atomic E-state index is 11.4. The van der Waals surface area contributed by atoms with Crippen LogP contribution in [-0.4, -0.2) is 31.3 Å². The SMILES string of the molecule is CC(C)(C)OC(=O)NC[C@@]1(C)CCNC1. The van der Waals surface area contributed by atoms with E-state index < -0.39 is 5.60 Å². The average Bonchev–Trinajstić information content (AvgIpc) is 2.47. The highest BCUT2D eigenvalue weighted by Crippen LogP contribution is 2.23. The molecule has 1 fully saturated rings. The lowest BCUT2D eigenvalue weighted by Crippen LogP contribution is -2.39. The minimum Gasteiger partial charge on any atom is -0.444 e. The zero-order valence-electron chi connectivity index (χ0n) is 10.1. The van der Waals surface area contributed by atoms with Crippen LogP contribution in [0, 0.1) is 5.41 Å². The molecule has 0 aromatic heterocycles. The fraction of sp³-hybridized carbons (Fsp3) is 0.909. The fourth-order valence-corrected chi connectivity index (χ4v) is 1.62. The van der Waals surface area contributed by atoms with Gasteiger partial charge in [-0.3, -0.25) is 0 Å². The summed E-state index contributed by atoms with van der Waals surface area (Å²) < 4.78 is 5.17. The van der Waals surface area contributed by atoms with Gasteiger partial charge in [-0.1, -0.05) is 6.92 Å². The molecule has 0 bridgehead atoms. The molecule has 4 nitrogen and oxygen atoms in total. The van der Waals surface area contributed by atoms with E-state index in [0.29, 0.717) is 6.54 Å². The lowest BCUT2D eigenvalue weighted by atomic mass is 9.90. The Labute approximate surface area is 91.8 Å². The van der Waals surface area contributed by atoms with Crippen molar-refractivity contribution < 1.29 is 9.53 Å². The van der Waals surface area contributed by atoms with Crippen LogP contribution in [0.15, 0.2) is 0 Å². The van der Waals surface area contributed by atoms with E-state index in [0.717, 1.165) is 19.5 Å². The Bertz CT molecular complexity index is 227. The van der Waals surface area contributed by atoms with Crippen molar-refractivity contribution in [3.63, 3.8) is 0 Å². The maximum Gasteiger partial charge on any atom is 0.407 e. The Balaban J connectivity index is 2.28. The van der Waals surface area contributed by atoms with E-state index in [1.54, 1.807) is 0 Å². The number of hydrogen-bond donors (Lipinski definition) is 2. The third-order valence-electron chi connectivity index (χ3n) is 2.52. The molecule has 1 heterocycles. The third-order valence-corrected chi connectivity index (χ3v) is 2.52. The molecule has 88 valence electrons. The predicted octanol–water partition coefficient (Wildman–Crippen LogP) is 1.51. The largest absolute Gasteiger partial charge is 0.444 e. The summed E-state index contributed by atoms with van der Waals surface area (Å²) in [4.78, 5) is 11.4. The van der Waals surface area contributed by atoms with Crippen molar-refractivity contribution in [2.45, 2.75) is 39.7 Å². The van der Waals surface area contributed by atoms with Gasteiger partial charge in [-0.15, -0.1) is 0 Å². The summed E-state index contributed by atoms with van der Waals surface area (Å²) in [6.07, 6.45) is 0.777. The summed E-state index contributed by atoms with van der Waals surface area (Å²) in [5, 5.41) is 6.11. The van der Waals surface area contributed by atoms with Gasteiger partial charge in [0, 0.05) is 13.1 Å². The molecular formula is C11H22N2O2. The summed E-state index contributed by atoms with van der Waals surface area (Å²) in [6.45, 7) is 10.4. The Morgan fingerprint density at radius 3 is 2.67 bits per heavy atom. The van der Waals surface area contributed by atoms with Crippen molar-refractivity contribution in [3.05, 3.63) is 0 Å². The van der Waals surface area contributed by atoms with E-state index in [1.807, 2.05) is 20.8 Å². The molecule has 0 aromatic carbocycles. The highest BCUT2D eigenvalue weighted by atomic mass is 16.6. The number of amides is 1. The first-order chi connectivity index (χ1) is 6.81. The van der Waals surface area contributed by atoms with Crippen LogP contribution in [0.1, 0.15) is 34.1 Å². The van der Waals surface area contributed by atoms with Crippen LogP contribution in [-0.2, 0) is 4.74 Å². The van der Waals surface area contributed by atoms with Crippen molar-refractivity contribution >= 4 is 6.09 Å². The minimum absolute atomic E-state index is 0.177. The number of nitrogens with one attached hydrogen (secondary N) is 2. The highest BCUT2D eigenvalue weighted by molar-refractivity contribution is 5.67. The Morgan fingerprint density at radius 1 is 1.53 bits per heavy atom. The standard InChI is InChI=1S/C11H22N2O2/c1-10(2,3)15-9(14)13-8-11(4)5-6-12-7-11/h12H,5-8H2,1-4H3,(H,13,14)/t11-/m0/s1. The molecule has 0 unspecified atom stereocenters. The zero-order valence-corrected chi connectivity index (χ0v) is 10.1. The van der Waals surface area contributed by atoms with Gasteiger partial charge in [0.15, 0.2) is 0 Å². The third kappa shape index (κ3) is 4.51. The van der Waals surface area contributed by atoms with E-state index in [1.165, 1.54) is 0 Å². The summed E-state index contributed by atoms with van der Waals surface area (Å²) in [5.41, 5.74) is -0.240. The predicted molar refractivity (Wildman–Crippen MR) is 59.8 cm³/mol. The second-order valence-electron chi connectivity index (χ2n) is 5.59. The Morgan fingerprint density at radius 2 is 2.20 bits per heavy atom. The molecule has 1 saturated heterocycles. The molecule has 2 N–H and O–H groups in total. The molecule has 1 amide bonds. The first-order valence-corrected chi connectivity index (χ1v) is 5.48. The number of hydrogen-bond acceptors (Lipinski definition) is 3. The molecule has 1 rings (SSSR count). The molecule has 1 aliphatic heterocycles. The van der Waals surface area contributed by atoms with Gasteiger partial charge in [-0.25, -0.2) is 4.79 Å². The van der Waals surface area contributed by atoms with Crippen LogP contribution in [0.4, 0.5) is 4.79 Å². The van der Waals surface area contributed by atoms with Crippen LogP contribution in [0.5, 0.6) is 0 Å². The van der Waals surface area contributed by atoms with Crippen molar-refractivity contribution in [2.24, 2.45) is 5.41 Å². The van der Waals surface area contributed by atoms with Crippen LogP contribution >= 0.6 is 0 Å². The smallest absolute Gasteiger partial charge is 0.407 e. The molecule has 0 spiro atoms. The first-order valence-electron chi connectivity index (χ1n) is 5.48. The molecular weight excluding hydrogens is 192 g/mol. The van der Waals surface area contributed by atoms with Crippen molar-refractivity contribution in [1.29, 1.82) is 0 Å². The van der Waals surface area contributed by atoms with Crippen LogP contribution in [0.25, 0.3) is 0 Å². The zero-order chi connectivity index (χ0) is 11.5. The van der Waals surface area contributed by atoms with Crippen LogP contribution in [0.2, 0.25) is 0 Å². The minimum atomic E-state index is -0.418. The van der Waals surface area contributed by atoms with Crippen molar-refractivity contribution in [3.8, 4) is 0 Å². The summed E-state index contributed by atoms with van der Waals surface area (Å²) in [6, 6.07) is 0. The van der Waals surface area contributed by atoms with Crippen LogP contribution in [0.3, 0.4) is 0 Å². The fourth-order valence-electron chi connectivity index (χ4n) is 1.62. The highest BCUT2D eigenvalue weighted by Gasteiger charge is 2.29. The normalized spacial score (nSPS) is 26.4. The van der Waals surface area contributed by atoms with Gasteiger partial charge in [0.25, 0.3) is 0 Å². The molecule has 1 aliphatic rings. The topological polar surface area (TPSA) is 50.4 Å². The molecule has 1 atom stereocenters. The van der Waals surface area contributed by atoms with Gasteiger partial charge < -0.3 is 15.4 Å². The van der Waals surface area contributed by atoms with Gasteiger partial charge in [0.05, 0.1) is 0 Å². The molecule has 0 saturated carbocycles. The van der Waals surface area contributed by atoms with Crippen molar-refractivity contribution in [1.82, 2.24) is 10.6 Å². The number of alkyl carbamates (subject to hydrolysis) is 1. The molecule has 0 aliphatic carbocycles. The summed E-state index contributed by atoms with van der Waals surface area (Å²) in [5.74, 6) is 0. The van der Waals surface area contributed by atoms with E-state index in [4.69, 9.17) is 4.74 Å². The van der Waals surface area contributed by atoms with E-state index >= 15 is 0 Å². The van der Waals surface area contributed by atoms with E-state index in [2.05, 4.69) is 17.6 Å². The van der Waals surface area contributed by atoms with Gasteiger partial charge in [-0.05, 0) is 39.2 Å². The van der Waals surface area contributed by atoms with Crippen molar-refractivity contribution in [2.75, 3.05) is 19.6 Å². The quantitative estimate of drug-likeness (QED) is 0.732. The molecule has 0 radical (unpaired) electrons. The lowest BCUT2D eigenvalue weighted by molar-refractivity contribution is 0.0507. The number of carbonyl (C=O) groups excluding carboxylic acids is 1. The van der Waals surface area contributed by atoms with E-state index in [9.17, 15) is 4.79 Å². The monoisotopic (exact) mass is 214 g/mol. The molecule has 0 aromatic rings. The maximum atomic E-state index is 11.4.